The number of hydrogen-bond donors (Lipinski definition) is 1. The van der Waals surface area contributed by atoms with Gasteiger partial charge in [0.05, 0.1) is 31.5 Å². The Hall–Kier alpha value is -1.74. The molecule has 3 rings (SSSR count). The zero-order chi connectivity index (χ0) is 19.1. The molecule has 0 amide bonds. The summed E-state index contributed by atoms with van der Waals surface area (Å²) in [5.41, 5.74) is 1.12. The van der Waals surface area contributed by atoms with Crippen molar-refractivity contribution in [3.63, 3.8) is 0 Å². The molecule has 8 nitrogen and oxygen atoms in total. The molecule has 0 radical (unpaired) electrons. The number of ether oxygens (including phenoxy) is 2. The maximum absolute atomic E-state index is 12.9. The van der Waals surface area contributed by atoms with E-state index in [0.717, 1.165) is 39.3 Å². The van der Waals surface area contributed by atoms with Gasteiger partial charge in [0.15, 0.2) is 5.82 Å². The van der Waals surface area contributed by atoms with Crippen molar-refractivity contribution in [2.45, 2.75) is 19.9 Å². The summed E-state index contributed by atoms with van der Waals surface area (Å²) in [5, 5.41) is 3.51. The van der Waals surface area contributed by atoms with E-state index in [0.29, 0.717) is 48.3 Å². The molecule has 3 heterocycles. The smallest absolute Gasteiger partial charge is 0.293 e. The van der Waals surface area contributed by atoms with Crippen LogP contribution >= 0.6 is 11.6 Å². The Kier molecular flexibility index (Phi) is 7.40. The molecule has 2 aromatic heterocycles. The van der Waals surface area contributed by atoms with Crippen molar-refractivity contribution in [3.8, 4) is 0 Å². The summed E-state index contributed by atoms with van der Waals surface area (Å²) in [6.07, 6.45) is 2.53. The van der Waals surface area contributed by atoms with Crippen LogP contribution in [0.2, 0.25) is 5.15 Å². The van der Waals surface area contributed by atoms with Gasteiger partial charge in [-0.3, -0.25) is 9.69 Å². The van der Waals surface area contributed by atoms with Crippen LogP contribution in [-0.2, 0) is 16.0 Å². The van der Waals surface area contributed by atoms with E-state index in [2.05, 4.69) is 27.1 Å². The highest BCUT2D eigenvalue weighted by atomic mass is 35.5. The summed E-state index contributed by atoms with van der Waals surface area (Å²) in [7, 11) is 0. The number of nitrogens with one attached hydrogen (secondary N) is 1. The van der Waals surface area contributed by atoms with Crippen LogP contribution in [-0.4, -0.2) is 72.0 Å². The molecular weight excluding hydrogens is 370 g/mol. The minimum Gasteiger partial charge on any atom is -0.380 e. The normalized spacial score (nSPS) is 15.3. The summed E-state index contributed by atoms with van der Waals surface area (Å²) < 4.78 is 12.6. The standard InChI is InChI=1S/C18H26ClN5O3/c1-2-8-26-11-7-24-15-12-16(19)21-13-14(15)22-17(18(24)25)20-3-4-23-5-9-27-10-6-23/h12-13H,2-11H2,1H3,(H,20,22). The van der Waals surface area contributed by atoms with Crippen molar-refractivity contribution in [1.82, 2.24) is 19.4 Å². The lowest BCUT2D eigenvalue weighted by molar-refractivity contribution is 0.0398. The average Bonchev–Trinajstić information content (AvgIpc) is 2.68. The molecule has 0 spiro atoms. The highest BCUT2D eigenvalue weighted by Crippen LogP contribution is 2.15. The zero-order valence-electron chi connectivity index (χ0n) is 15.6. The SMILES string of the molecule is CCCOCCn1c(=O)c(NCCN2CCOCC2)nc2cnc(Cl)cc21. The van der Waals surface area contributed by atoms with Gasteiger partial charge in [0, 0.05) is 45.4 Å². The van der Waals surface area contributed by atoms with E-state index in [9.17, 15) is 4.79 Å². The quantitative estimate of drug-likeness (QED) is 0.510. The van der Waals surface area contributed by atoms with E-state index in [1.807, 2.05) is 0 Å². The van der Waals surface area contributed by atoms with E-state index in [-0.39, 0.29) is 5.56 Å². The summed E-state index contributed by atoms with van der Waals surface area (Å²) in [6, 6.07) is 1.67. The third kappa shape index (κ3) is 5.38. The molecular formula is C18H26ClN5O3. The van der Waals surface area contributed by atoms with Crippen molar-refractivity contribution in [2.24, 2.45) is 0 Å². The van der Waals surface area contributed by atoms with Crippen molar-refractivity contribution < 1.29 is 9.47 Å². The predicted octanol–water partition coefficient (Wildman–Crippen LogP) is 1.62. The molecule has 27 heavy (non-hydrogen) atoms. The van der Waals surface area contributed by atoms with Crippen LogP contribution in [0.3, 0.4) is 0 Å². The number of anilines is 1. The number of hydrogen-bond acceptors (Lipinski definition) is 7. The van der Waals surface area contributed by atoms with Crippen molar-refractivity contribution in [1.29, 1.82) is 0 Å². The molecule has 9 heteroatoms. The van der Waals surface area contributed by atoms with Crippen LogP contribution in [0.25, 0.3) is 11.0 Å². The minimum atomic E-state index is -0.174. The van der Waals surface area contributed by atoms with E-state index in [1.54, 1.807) is 16.8 Å². The minimum absolute atomic E-state index is 0.174. The van der Waals surface area contributed by atoms with Gasteiger partial charge in [-0.1, -0.05) is 18.5 Å². The Morgan fingerprint density at radius 2 is 2.11 bits per heavy atom. The molecule has 1 saturated heterocycles. The lowest BCUT2D eigenvalue weighted by Gasteiger charge is -2.26. The Bertz CT molecular complexity index is 807. The van der Waals surface area contributed by atoms with Gasteiger partial charge in [0.1, 0.15) is 10.7 Å². The summed E-state index contributed by atoms with van der Waals surface area (Å²) in [6.45, 7) is 8.43. The van der Waals surface area contributed by atoms with Crippen LogP contribution < -0.4 is 10.9 Å². The second-order valence-electron chi connectivity index (χ2n) is 6.41. The largest absolute Gasteiger partial charge is 0.380 e. The summed E-state index contributed by atoms with van der Waals surface area (Å²) in [5.74, 6) is 0.329. The fourth-order valence-electron chi connectivity index (χ4n) is 3.02. The van der Waals surface area contributed by atoms with Crippen molar-refractivity contribution in [2.75, 3.05) is 57.9 Å². The second-order valence-corrected chi connectivity index (χ2v) is 6.79. The molecule has 0 bridgehead atoms. The van der Waals surface area contributed by atoms with E-state index in [1.165, 1.54) is 0 Å². The Labute approximate surface area is 163 Å². The molecule has 1 aliphatic heterocycles. The predicted molar refractivity (Wildman–Crippen MR) is 106 cm³/mol. The number of rotatable bonds is 9. The first-order chi connectivity index (χ1) is 13.2. The third-order valence-corrected chi connectivity index (χ3v) is 4.64. The molecule has 148 valence electrons. The maximum Gasteiger partial charge on any atom is 0.293 e. The zero-order valence-corrected chi connectivity index (χ0v) is 16.4. The molecule has 0 aromatic carbocycles. The molecule has 0 unspecified atom stereocenters. The monoisotopic (exact) mass is 395 g/mol. The van der Waals surface area contributed by atoms with Gasteiger partial charge in [-0.25, -0.2) is 9.97 Å². The van der Waals surface area contributed by atoms with Gasteiger partial charge in [0.25, 0.3) is 5.56 Å². The number of aromatic nitrogens is 3. The highest BCUT2D eigenvalue weighted by molar-refractivity contribution is 6.29. The van der Waals surface area contributed by atoms with Crippen LogP contribution in [0.5, 0.6) is 0 Å². The number of pyridine rings is 1. The number of nitrogens with zero attached hydrogens (tertiary/aromatic N) is 4. The Morgan fingerprint density at radius 3 is 2.89 bits per heavy atom. The van der Waals surface area contributed by atoms with E-state index < -0.39 is 0 Å². The maximum atomic E-state index is 12.9. The number of fused-ring (bicyclic) bond motifs is 1. The van der Waals surface area contributed by atoms with Crippen molar-refractivity contribution in [3.05, 3.63) is 27.8 Å². The highest BCUT2D eigenvalue weighted by Gasteiger charge is 2.13. The molecule has 0 atom stereocenters. The van der Waals surface area contributed by atoms with Crippen LogP contribution in [0.4, 0.5) is 5.82 Å². The Morgan fingerprint density at radius 1 is 1.30 bits per heavy atom. The van der Waals surface area contributed by atoms with Gasteiger partial charge >= 0.3 is 0 Å². The van der Waals surface area contributed by atoms with Crippen LogP contribution in [0.1, 0.15) is 13.3 Å². The van der Waals surface area contributed by atoms with Crippen molar-refractivity contribution >= 4 is 28.5 Å². The summed E-state index contributed by atoms with van der Waals surface area (Å²) >= 11 is 6.02. The molecule has 1 aliphatic rings. The Balaban J connectivity index is 1.76. The van der Waals surface area contributed by atoms with Crippen LogP contribution in [0, 0.1) is 0 Å². The molecule has 0 aliphatic carbocycles. The number of halogens is 1. The first kappa shape index (κ1) is 20.0. The van der Waals surface area contributed by atoms with E-state index >= 15 is 0 Å². The molecule has 1 N–H and O–H groups in total. The molecule has 0 saturated carbocycles. The van der Waals surface area contributed by atoms with Gasteiger partial charge in [0.2, 0.25) is 0 Å². The fraction of sp³-hybridized carbons (Fsp3) is 0.611. The van der Waals surface area contributed by atoms with E-state index in [4.69, 9.17) is 21.1 Å². The molecule has 2 aromatic rings. The third-order valence-electron chi connectivity index (χ3n) is 4.43. The lowest BCUT2D eigenvalue weighted by Crippen LogP contribution is -2.39. The van der Waals surface area contributed by atoms with Gasteiger partial charge in [-0.05, 0) is 6.42 Å². The first-order valence-corrected chi connectivity index (χ1v) is 9.74. The second kappa shape index (κ2) is 9.98. The van der Waals surface area contributed by atoms with Crippen LogP contribution in [0.15, 0.2) is 17.1 Å². The van der Waals surface area contributed by atoms with Gasteiger partial charge in [-0.15, -0.1) is 0 Å². The number of morpholine rings is 1. The topological polar surface area (TPSA) is 81.5 Å². The fourth-order valence-corrected chi connectivity index (χ4v) is 3.17. The first-order valence-electron chi connectivity index (χ1n) is 9.37. The lowest BCUT2D eigenvalue weighted by atomic mass is 10.3. The summed E-state index contributed by atoms with van der Waals surface area (Å²) in [4.78, 5) is 23.8. The molecule has 1 fully saturated rings. The van der Waals surface area contributed by atoms with Gasteiger partial charge in [-0.2, -0.15) is 0 Å². The average molecular weight is 396 g/mol. The van der Waals surface area contributed by atoms with Gasteiger partial charge < -0.3 is 19.4 Å².